The third-order valence-corrected chi connectivity index (χ3v) is 5.54. The summed E-state index contributed by atoms with van der Waals surface area (Å²) in [5.74, 6) is -0.712. The van der Waals surface area contributed by atoms with Crippen molar-refractivity contribution in [1.29, 1.82) is 0 Å². The molecule has 0 saturated carbocycles. The van der Waals surface area contributed by atoms with Crippen LogP contribution in [0.2, 0.25) is 5.02 Å². The minimum absolute atomic E-state index is 0.123. The molecule has 9 heteroatoms. The largest absolute Gasteiger partial charge is 0.403 e. The van der Waals surface area contributed by atoms with E-state index in [1.165, 1.54) is 12.1 Å². The first-order valence-corrected chi connectivity index (χ1v) is 9.65. The van der Waals surface area contributed by atoms with E-state index in [-0.39, 0.29) is 29.0 Å². The van der Waals surface area contributed by atoms with E-state index in [9.17, 15) is 13.2 Å². The lowest BCUT2D eigenvalue weighted by atomic mass is 10.2. The van der Waals surface area contributed by atoms with Crippen LogP contribution in [-0.4, -0.2) is 30.3 Å². The SMILES string of the molecule is O=C(CCS(=O)(=O)c1ccccc1)Nc1nnc(-c2ccccc2Cl)o1. The number of carbonyl (C=O) groups excluding carboxylic acids is 1. The number of nitrogens with one attached hydrogen (secondary N) is 1. The summed E-state index contributed by atoms with van der Waals surface area (Å²) >= 11 is 6.05. The first kappa shape index (κ1) is 18.1. The average molecular weight is 392 g/mol. The number of carbonyl (C=O) groups is 1. The predicted octanol–water partition coefficient (Wildman–Crippen LogP) is 3.19. The molecule has 0 radical (unpaired) electrons. The van der Waals surface area contributed by atoms with Gasteiger partial charge in [0, 0.05) is 6.42 Å². The highest BCUT2D eigenvalue weighted by atomic mass is 35.5. The van der Waals surface area contributed by atoms with Crippen molar-refractivity contribution < 1.29 is 17.6 Å². The zero-order chi connectivity index (χ0) is 18.6. The van der Waals surface area contributed by atoms with Gasteiger partial charge in [-0.1, -0.05) is 47.0 Å². The third-order valence-electron chi connectivity index (χ3n) is 3.48. The lowest BCUT2D eigenvalue weighted by Crippen LogP contribution is -2.17. The van der Waals surface area contributed by atoms with E-state index in [1.54, 1.807) is 42.5 Å². The molecule has 7 nitrogen and oxygen atoms in total. The number of halogens is 1. The fraction of sp³-hybridized carbons (Fsp3) is 0.118. The second-order valence-corrected chi connectivity index (χ2v) is 7.84. The quantitative estimate of drug-likeness (QED) is 0.692. The van der Waals surface area contributed by atoms with E-state index < -0.39 is 15.7 Å². The number of hydrogen-bond donors (Lipinski definition) is 1. The number of hydrogen-bond acceptors (Lipinski definition) is 6. The standard InChI is InChI=1S/C17H14ClN3O4S/c18-14-9-5-4-8-13(14)16-20-21-17(25-16)19-15(22)10-11-26(23,24)12-6-2-1-3-7-12/h1-9H,10-11H2,(H,19,21,22). The van der Waals surface area contributed by atoms with Crippen LogP contribution in [0.4, 0.5) is 6.01 Å². The number of sulfone groups is 1. The van der Waals surface area contributed by atoms with Crippen LogP contribution in [0.5, 0.6) is 0 Å². The van der Waals surface area contributed by atoms with Gasteiger partial charge in [0.05, 0.1) is 21.2 Å². The Morgan fingerprint density at radius 2 is 1.73 bits per heavy atom. The molecule has 1 heterocycles. The van der Waals surface area contributed by atoms with Crippen LogP contribution in [0.25, 0.3) is 11.5 Å². The Morgan fingerprint density at radius 3 is 2.46 bits per heavy atom. The van der Waals surface area contributed by atoms with Crippen LogP contribution in [0.3, 0.4) is 0 Å². The van der Waals surface area contributed by atoms with Crippen molar-refractivity contribution >= 4 is 33.4 Å². The van der Waals surface area contributed by atoms with Gasteiger partial charge in [-0.2, -0.15) is 0 Å². The summed E-state index contributed by atoms with van der Waals surface area (Å²) < 4.78 is 29.7. The maximum Gasteiger partial charge on any atom is 0.322 e. The maximum atomic E-state index is 12.2. The Labute approximate surface area is 154 Å². The van der Waals surface area contributed by atoms with Gasteiger partial charge in [0.15, 0.2) is 9.84 Å². The zero-order valence-electron chi connectivity index (χ0n) is 13.4. The topological polar surface area (TPSA) is 102 Å². The third kappa shape index (κ3) is 4.27. The van der Waals surface area contributed by atoms with E-state index in [0.717, 1.165) is 0 Å². The maximum absolute atomic E-state index is 12.2. The summed E-state index contributed by atoms with van der Waals surface area (Å²) in [5, 5.41) is 10.4. The number of nitrogens with zero attached hydrogens (tertiary/aromatic N) is 2. The summed E-state index contributed by atoms with van der Waals surface area (Å²) in [6.45, 7) is 0. The molecular weight excluding hydrogens is 378 g/mol. The summed E-state index contributed by atoms with van der Waals surface area (Å²) in [6, 6.07) is 14.7. The van der Waals surface area contributed by atoms with Gasteiger partial charge in [-0.05, 0) is 24.3 Å². The van der Waals surface area contributed by atoms with Gasteiger partial charge in [0.2, 0.25) is 5.91 Å². The van der Waals surface area contributed by atoms with E-state index in [0.29, 0.717) is 10.6 Å². The Morgan fingerprint density at radius 1 is 1.04 bits per heavy atom. The van der Waals surface area contributed by atoms with Crippen LogP contribution >= 0.6 is 11.6 Å². The fourth-order valence-electron chi connectivity index (χ4n) is 2.17. The van der Waals surface area contributed by atoms with Crippen molar-refractivity contribution in [1.82, 2.24) is 10.2 Å². The zero-order valence-corrected chi connectivity index (χ0v) is 15.0. The lowest BCUT2D eigenvalue weighted by Gasteiger charge is -2.04. The smallest absolute Gasteiger partial charge is 0.322 e. The van der Waals surface area contributed by atoms with Gasteiger partial charge in [-0.3, -0.25) is 10.1 Å². The van der Waals surface area contributed by atoms with Crippen molar-refractivity contribution in [3.05, 3.63) is 59.6 Å². The average Bonchev–Trinajstić information content (AvgIpc) is 3.09. The van der Waals surface area contributed by atoms with Crippen LogP contribution in [-0.2, 0) is 14.6 Å². The van der Waals surface area contributed by atoms with Gasteiger partial charge in [0.25, 0.3) is 5.89 Å². The molecule has 26 heavy (non-hydrogen) atoms. The normalized spacial score (nSPS) is 11.3. The molecule has 3 aromatic rings. The number of benzene rings is 2. The Kier molecular flexibility index (Phi) is 5.34. The van der Waals surface area contributed by atoms with Gasteiger partial charge in [-0.25, -0.2) is 8.42 Å². The number of amides is 1. The molecule has 0 aliphatic heterocycles. The summed E-state index contributed by atoms with van der Waals surface area (Å²) in [6.07, 6.45) is -0.235. The minimum atomic E-state index is -3.54. The molecular formula is C17H14ClN3O4S. The highest BCUT2D eigenvalue weighted by Gasteiger charge is 2.18. The summed E-state index contributed by atoms with van der Waals surface area (Å²) in [4.78, 5) is 12.1. The molecule has 1 aromatic heterocycles. The minimum Gasteiger partial charge on any atom is -0.403 e. The van der Waals surface area contributed by atoms with E-state index in [2.05, 4.69) is 15.5 Å². The van der Waals surface area contributed by atoms with Crippen molar-refractivity contribution in [2.24, 2.45) is 0 Å². The van der Waals surface area contributed by atoms with Crippen LogP contribution in [0.15, 0.2) is 63.9 Å². The number of aromatic nitrogens is 2. The molecule has 0 unspecified atom stereocenters. The van der Waals surface area contributed by atoms with Gasteiger partial charge < -0.3 is 4.42 Å². The monoisotopic (exact) mass is 391 g/mol. The molecule has 0 atom stereocenters. The highest BCUT2D eigenvalue weighted by molar-refractivity contribution is 7.91. The van der Waals surface area contributed by atoms with Crippen molar-refractivity contribution in [2.45, 2.75) is 11.3 Å². The van der Waals surface area contributed by atoms with Gasteiger partial charge >= 0.3 is 6.01 Å². The summed E-state index contributed by atoms with van der Waals surface area (Å²) in [5.41, 5.74) is 0.536. The molecule has 0 fully saturated rings. The molecule has 1 N–H and O–H groups in total. The number of anilines is 1. The predicted molar refractivity (Wildman–Crippen MR) is 96.5 cm³/mol. The molecule has 2 aromatic carbocycles. The molecule has 1 amide bonds. The van der Waals surface area contributed by atoms with Gasteiger partial charge in [-0.15, -0.1) is 5.10 Å². The molecule has 0 spiro atoms. The summed E-state index contributed by atoms with van der Waals surface area (Å²) in [7, 11) is -3.54. The van der Waals surface area contributed by atoms with Crippen LogP contribution in [0.1, 0.15) is 6.42 Å². The van der Waals surface area contributed by atoms with Crippen LogP contribution < -0.4 is 5.32 Å². The van der Waals surface area contributed by atoms with Gasteiger partial charge in [0.1, 0.15) is 0 Å². The van der Waals surface area contributed by atoms with E-state index >= 15 is 0 Å². The van der Waals surface area contributed by atoms with Crippen molar-refractivity contribution in [3.8, 4) is 11.5 Å². The second kappa shape index (κ2) is 7.67. The highest BCUT2D eigenvalue weighted by Crippen LogP contribution is 2.27. The Hall–Kier alpha value is -2.71. The molecule has 0 aliphatic carbocycles. The van der Waals surface area contributed by atoms with Crippen LogP contribution in [0, 0.1) is 0 Å². The molecule has 134 valence electrons. The Balaban J connectivity index is 1.62. The van der Waals surface area contributed by atoms with Crippen molar-refractivity contribution in [2.75, 3.05) is 11.1 Å². The first-order valence-electron chi connectivity index (χ1n) is 7.62. The molecule has 0 saturated heterocycles. The first-order chi connectivity index (χ1) is 12.5. The fourth-order valence-corrected chi connectivity index (χ4v) is 3.65. The lowest BCUT2D eigenvalue weighted by molar-refractivity contribution is -0.115. The molecule has 0 aliphatic rings. The van der Waals surface area contributed by atoms with Crippen molar-refractivity contribution in [3.63, 3.8) is 0 Å². The molecule has 0 bridgehead atoms. The second-order valence-electron chi connectivity index (χ2n) is 5.32. The Bertz CT molecular complexity index is 1020. The van der Waals surface area contributed by atoms with E-state index in [1.807, 2.05) is 0 Å². The van der Waals surface area contributed by atoms with E-state index in [4.69, 9.17) is 16.0 Å². The number of rotatable bonds is 6. The molecule has 3 rings (SSSR count).